The lowest BCUT2D eigenvalue weighted by Crippen LogP contribution is -2.43. The molecule has 0 fully saturated rings. The zero-order chi connectivity index (χ0) is 15.8. The highest BCUT2D eigenvalue weighted by Gasteiger charge is 2.26. The second-order valence-corrected chi connectivity index (χ2v) is 6.14. The maximum atomic E-state index is 12.0. The summed E-state index contributed by atoms with van der Waals surface area (Å²) in [6, 6.07) is -0.625. The standard InChI is InChI=1S/C14H26N2O4/c1-14(2,3)9-10(11(17)6-7-13(19)20)16-12(18)5-4-8-15/h10H,4-9,15H2,1-3H3,(H,16,18)(H,19,20). The average molecular weight is 286 g/mol. The summed E-state index contributed by atoms with van der Waals surface area (Å²) in [5.74, 6) is -1.46. The molecule has 0 aliphatic heterocycles. The first-order valence-electron chi connectivity index (χ1n) is 6.89. The van der Waals surface area contributed by atoms with E-state index in [1.807, 2.05) is 20.8 Å². The summed E-state index contributed by atoms with van der Waals surface area (Å²) in [6.07, 6.45) is 1.06. The molecule has 1 unspecified atom stereocenters. The van der Waals surface area contributed by atoms with Crippen molar-refractivity contribution in [2.24, 2.45) is 11.1 Å². The Morgan fingerprint density at radius 2 is 1.75 bits per heavy atom. The second kappa shape index (κ2) is 8.68. The molecule has 20 heavy (non-hydrogen) atoms. The Bertz CT molecular complexity index is 348. The van der Waals surface area contributed by atoms with Crippen molar-refractivity contribution >= 4 is 17.7 Å². The van der Waals surface area contributed by atoms with E-state index in [4.69, 9.17) is 10.8 Å². The zero-order valence-corrected chi connectivity index (χ0v) is 12.6. The molecule has 0 aromatic carbocycles. The van der Waals surface area contributed by atoms with E-state index in [9.17, 15) is 14.4 Å². The van der Waals surface area contributed by atoms with Crippen LogP contribution < -0.4 is 11.1 Å². The highest BCUT2D eigenvalue weighted by molar-refractivity contribution is 5.90. The largest absolute Gasteiger partial charge is 0.481 e. The van der Waals surface area contributed by atoms with Crippen LogP contribution in [0.25, 0.3) is 0 Å². The summed E-state index contributed by atoms with van der Waals surface area (Å²) in [6.45, 7) is 6.33. The third-order valence-corrected chi connectivity index (χ3v) is 2.73. The van der Waals surface area contributed by atoms with Crippen LogP contribution in [0.2, 0.25) is 0 Å². The summed E-state index contributed by atoms with van der Waals surface area (Å²) in [4.78, 5) is 34.3. The fraction of sp³-hybridized carbons (Fsp3) is 0.786. The average Bonchev–Trinajstić information content (AvgIpc) is 2.30. The summed E-state index contributed by atoms with van der Waals surface area (Å²) in [5, 5.41) is 11.3. The Morgan fingerprint density at radius 3 is 2.20 bits per heavy atom. The Balaban J connectivity index is 4.59. The van der Waals surface area contributed by atoms with Crippen LogP contribution in [0, 0.1) is 5.41 Å². The van der Waals surface area contributed by atoms with Crippen molar-refractivity contribution in [1.82, 2.24) is 5.32 Å². The first-order valence-corrected chi connectivity index (χ1v) is 6.89. The Morgan fingerprint density at radius 1 is 1.15 bits per heavy atom. The van der Waals surface area contributed by atoms with Gasteiger partial charge < -0.3 is 16.2 Å². The van der Waals surface area contributed by atoms with Gasteiger partial charge in [-0.2, -0.15) is 0 Å². The Kier molecular flexibility index (Phi) is 8.06. The van der Waals surface area contributed by atoms with Crippen molar-refractivity contribution in [2.45, 2.75) is 58.9 Å². The third-order valence-electron chi connectivity index (χ3n) is 2.73. The highest BCUT2D eigenvalue weighted by Crippen LogP contribution is 2.22. The number of carbonyl (C=O) groups excluding carboxylic acids is 2. The second-order valence-electron chi connectivity index (χ2n) is 6.14. The lowest BCUT2D eigenvalue weighted by Gasteiger charge is -2.26. The van der Waals surface area contributed by atoms with E-state index in [1.54, 1.807) is 0 Å². The van der Waals surface area contributed by atoms with Gasteiger partial charge in [0.05, 0.1) is 12.5 Å². The van der Waals surface area contributed by atoms with Crippen LogP contribution in [0.4, 0.5) is 0 Å². The van der Waals surface area contributed by atoms with Crippen LogP contribution in [0.15, 0.2) is 0 Å². The minimum atomic E-state index is -1.01. The SMILES string of the molecule is CC(C)(C)CC(NC(=O)CCCN)C(=O)CCC(=O)O. The molecule has 0 spiro atoms. The van der Waals surface area contributed by atoms with Gasteiger partial charge in [0.1, 0.15) is 0 Å². The van der Waals surface area contributed by atoms with Crippen molar-refractivity contribution < 1.29 is 19.5 Å². The molecular formula is C14H26N2O4. The van der Waals surface area contributed by atoms with E-state index in [0.29, 0.717) is 19.4 Å². The third kappa shape index (κ3) is 9.49. The molecule has 0 aromatic heterocycles. The predicted octanol–water partition coefficient (Wildman–Crippen LogP) is 1.08. The molecule has 0 bridgehead atoms. The molecule has 0 rings (SSSR count). The molecule has 6 nitrogen and oxygen atoms in total. The topological polar surface area (TPSA) is 109 Å². The van der Waals surface area contributed by atoms with Crippen LogP contribution >= 0.6 is 0 Å². The van der Waals surface area contributed by atoms with Gasteiger partial charge in [-0.3, -0.25) is 14.4 Å². The maximum Gasteiger partial charge on any atom is 0.303 e. The highest BCUT2D eigenvalue weighted by atomic mass is 16.4. The number of Topliss-reactive ketones (excluding diaryl/α,β-unsaturated/α-hetero) is 1. The minimum Gasteiger partial charge on any atom is -0.481 e. The van der Waals surface area contributed by atoms with E-state index in [-0.39, 0.29) is 36.4 Å². The number of hydrogen-bond donors (Lipinski definition) is 3. The Hall–Kier alpha value is -1.43. The summed E-state index contributed by atoms with van der Waals surface area (Å²) in [7, 11) is 0. The van der Waals surface area contributed by atoms with Gasteiger partial charge in [0.15, 0.2) is 5.78 Å². The first kappa shape index (κ1) is 18.6. The summed E-state index contributed by atoms with van der Waals surface area (Å²) >= 11 is 0. The van der Waals surface area contributed by atoms with E-state index in [1.165, 1.54) is 0 Å². The molecule has 6 heteroatoms. The van der Waals surface area contributed by atoms with E-state index >= 15 is 0 Å². The van der Waals surface area contributed by atoms with Crippen LogP contribution in [-0.4, -0.2) is 35.4 Å². The van der Waals surface area contributed by atoms with Gasteiger partial charge >= 0.3 is 5.97 Å². The van der Waals surface area contributed by atoms with Crippen LogP contribution in [0.3, 0.4) is 0 Å². The van der Waals surface area contributed by atoms with Gasteiger partial charge in [0.2, 0.25) is 5.91 Å². The molecule has 0 saturated carbocycles. The predicted molar refractivity (Wildman–Crippen MR) is 76.2 cm³/mol. The normalized spacial score (nSPS) is 12.8. The molecule has 116 valence electrons. The molecule has 0 saturated heterocycles. The number of nitrogens with two attached hydrogens (primary N) is 1. The number of hydrogen-bond acceptors (Lipinski definition) is 4. The summed E-state index contributed by atoms with van der Waals surface area (Å²) in [5.41, 5.74) is 5.20. The van der Waals surface area contributed by atoms with E-state index in [2.05, 4.69) is 5.32 Å². The number of carboxylic acid groups (broad SMARTS) is 1. The quantitative estimate of drug-likeness (QED) is 0.587. The van der Waals surface area contributed by atoms with Gasteiger partial charge in [-0.15, -0.1) is 0 Å². The van der Waals surface area contributed by atoms with Crippen molar-refractivity contribution in [2.75, 3.05) is 6.54 Å². The number of carboxylic acids is 1. The number of nitrogens with one attached hydrogen (secondary N) is 1. The van der Waals surface area contributed by atoms with Crippen molar-refractivity contribution in [3.05, 3.63) is 0 Å². The minimum absolute atomic E-state index is 0.0623. The van der Waals surface area contributed by atoms with Crippen LogP contribution in [0.5, 0.6) is 0 Å². The lowest BCUT2D eigenvalue weighted by molar-refractivity contribution is -0.139. The zero-order valence-electron chi connectivity index (χ0n) is 12.6. The number of carbonyl (C=O) groups is 3. The monoisotopic (exact) mass is 286 g/mol. The molecule has 0 heterocycles. The van der Waals surface area contributed by atoms with Crippen LogP contribution in [-0.2, 0) is 14.4 Å². The first-order chi connectivity index (χ1) is 9.15. The van der Waals surface area contributed by atoms with Crippen molar-refractivity contribution in [3.8, 4) is 0 Å². The van der Waals surface area contributed by atoms with E-state index in [0.717, 1.165) is 0 Å². The lowest BCUT2D eigenvalue weighted by atomic mass is 9.85. The molecular weight excluding hydrogens is 260 g/mol. The number of rotatable bonds is 9. The van der Waals surface area contributed by atoms with Gasteiger partial charge in [-0.05, 0) is 24.8 Å². The Labute approximate surface area is 120 Å². The van der Waals surface area contributed by atoms with Crippen molar-refractivity contribution in [3.63, 3.8) is 0 Å². The van der Waals surface area contributed by atoms with Gasteiger partial charge in [0, 0.05) is 12.8 Å². The smallest absolute Gasteiger partial charge is 0.303 e. The van der Waals surface area contributed by atoms with Gasteiger partial charge in [-0.25, -0.2) is 0 Å². The molecule has 0 aliphatic carbocycles. The molecule has 4 N–H and O–H groups in total. The molecule has 1 amide bonds. The number of amides is 1. The van der Waals surface area contributed by atoms with Gasteiger partial charge in [0.25, 0.3) is 0 Å². The number of aliphatic carboxylic acids is 1. The van der Waals surface area contributed by atoms with E-state index < -0.39 is 12.0 Å². The maximum absolute atomic E-state index is 12.0. The molecule has 1 atom stereocenters. The fourth-order valence-corrected chi connectivity index (χ4v) is 1.79. The van der Waals surface area contributed by atoms with Gasteiger partial charge in [-0.1, -0.05) is 20.8 Å². The molecule has 0 radical (unpaired) electrons. The molecule has 0 aromatic rings. The summed E-state index contributed by atoms with van der Waals surface area (Å²) < 4.78 is 0. The molecule has 0 aliphatic rings. The van der Waals surface area contributed by atoms with Crippen LogP contribution in [0.1, 0.15) is 52.9 Å². The van der Waals surface area contributed by atoms with Crippen molar-refractivity contribution in [1.29, 1.82) is 0 Å². The number of ketones is 1. The fourth-order valence-electron chi connectivity index (χ4n) is 1.79.